The van der Waals surface area contributed by atoms with Gasteiger partial charge in [-0.05, 0) is 31.9 Å². The predicted octanol–water partition coefficient (Wildman–Crippen LogP) is 3.09. The standard InChI is InChI=1S/C21H23ClFN5O3/c1-12(27-10-14(11-27)31-18-16(22)3-2-4-17(18)23)19-25-20-15(21(29)26-19)9-24-28(20)13-5-7-30-8-6-13/h2-4,9,12-14H,5-8,10-11H2,1H3,(H,25,26,29). The Labute approximate surface area is 182 Å². The highest BCUT2D eigenvalue weighted by atomic mass is 35.5. The number of hydrogen-bond donors (Lipinski definition) is 1. The summed E-state index contributed by atoms with van der Waals surface area (Å²) in [5, 5.41) is 5.17. The van der Waals surface area contributed by atoms with Crippen molar-refractivity contribution in [1.29, 1.82) is 0 Å². The van der Waals surface area contributed by atoms with Crippen molar-refractivity contribution in [1.82, 2.24) is 24.6 Å². The molecule has 10 heteroatoms. The van der Waals surface area contributed by atoms with Crippen molar-refractivity contribution >= 4 is 22.6 Å². The predicted molar refractivity (Wildman–Crippen MR) is 113 cm³/mol. The van der Waals surface area contributed by atoms with Crippen LogP contribution in [0.2, 0.25) is 5.02 Å². The zero-order chi connectivity index (χ0) is 21.5. The lowest BCUT2D eigenvalue weighted by molar-refractivity contribution is -0.00913. The minimum Gasteiger partial charge on any atom is -0.483 e. The molecule has 31 heavy (non-hydrogen) atoms. The fourth-order valence-corrected chi connectivity index (χ4v) is 4.35. The van der Waals surface area contributed by atoms with Crippen LogP contribution in [0.5, 0.6) is 5.75 Å². The van der Waals surface area contributed by atoms with Crippen molar-refractivity contribution in [2.75, 3.05) is 26.3 Å². The fourth-order valence-electron chi connectivity index (χ4n) is 4.14. The number of benzene rings is 1. The molecule has 2 saturated heterocycles. The van der Waals surface area contributed by atoms with Crippen LogP contribution in [0.4, 0.5) is 4.39 Å². The van der Waals surface area contributed by atoms with Gasteiger partial charge in [0.15, 0.2) is 17.2 Å². The molecule has 2 aliphatic heterocycles. The van der Waals surface area contributed by atoms with E-state index in [-0.39, 0.29) is 34.5 Å². The molecule has 0 bridgehead atoms. The maximum atomic E-state index is 14.0. The van der Waals surface area contributed by atoms with E-state index in [0.717, 1.165) is 12.8 Å². The number of aromatic amines is 1. The number of H-pyrrole nitrogens is 1. The Morgan fingerprint density at radius 2 is 2.10 bits per heavy atom. The van der Waals surface area contributed by atoms with Crippen LogP contribution in [-0.4, -0.2) is 57.1 Å². The van der Waals surface area contributed by atoms with E-state index >= 15 is 0 Å². The molecule has 8 nitrogen and oxygen atoms in total. The third-order valence-corrected chi connectivity index (χ3v) is 6.34. The van der Waals surface area contributed by atoms with Crippen LogP contribution in [0.25, 0.3) is 11.0 Å². The van der Waals surface area contributed by atoms with Crippen molar-refractivity contribution in [2.24, 2.45) is 0 Å². The first-order valence-corrected chi connectivity index (χ1v) is 10.8. The Balaban J connectivity index is 1.32. The second-order valence-corrected chi connectivity index (χ2v) is 8.45. The van der Waals surface area contributed by atoms with Crippen LogP contribution in [0.1, 0.15) is 37.7 Å². The first kappa shape index (κ1) is 20.4. The first-order valence-electron chi connectivity index (χ1n) is 10.4. The fraction of sp³-hybridized carbons (Fsp3) is 0.476. The third-order valence-electron chi connectivity index (χ3n) is 6.04. The minimum atomic E-state index is -0.475. The van der Waals surface area contributed by atoms with Gasteiger partial charge in [-0.3, -0.25) is 9.69 Å². The van der Waals surface area contributed by atoms with Gasteiger partial charge < -0.3 is 14.5 Å². The summed E-state index contributed by atoms with van der Waals surface area (Å²) in [6.45, 7) is 4.49. The number of nitrogens with one attached hydrogen (secondary N) is 1. The summed E-state index contributed by atoms with van der Waals surface area (Å²) in [7, 11) is 0. The maximum Gasteiger partial charge on any atom is 0.262 e. The van der Waals surface area contributed by atoms with Gasteiger partial charge in [0.25, 0.3) is 5.56 Å². The number of likely N-dealkylation sites (tertiary alicyclic amines) is 1. The molecule has 1 N–H and O–H groups in total. The quantitative estimate of drug-likeness (QED) is 0.647. The van der Waals surface area contributed by atoms with Crippen LogP contribution in [0.15, 0.2) is 29.2 Å². The number of halogens is 2. The van der Waals surface area contributed by atoms with Gasteiger partial charge in [-0.1, -0.05) is 17.7 Å². The molecule has 1 unspecified atom stereocenters. The molecule has 0 radical (unpaired) electrons. The van der Waals surface area contributed by atoms with E-state index in [1.165, 1.54) is 6.07 Å². The maximum absolute atomic E-state index is 14.0. The lowest BCUT2D eigenvalue weighted by atomic mass is 10.1. The molecule has 0 aliphatic carbocycles. The van der Waals surface area contributed by atoms with E-state index in [9.17, 15) is 9.18 Å². The highest BCUT2D eigenvalue weighted by Gasteiger charge is 2.35. The Bertz CT molecular complexity index is 1130. The van der Waals surface area contributed by atoms with Gasteiger partial charge in [-0.15, -0.1) is 0 Å². The first-order chi connectivity index (χ1) is 15.0. The number of para-hydroxylation sites is 1. The van der Waals surface area contributed by atoms with Gasteiger partial charge in [0.05, 0.1) is 23.3 Å². The van der Waals surface area contributed by atoms with Crippen molar-refractivity contribution < 1.29 is 13.9 Å². The Morgan fingerprint density at radius 1 is 1.32 bits per heavy atom. The number of fused-ring (bicyclic) bond motifs is 1. The van der Waals surface area contributed by atoms with Crippen molar-refractivity contribution in [3.05, 3.63) is 51.4 Å². The molecule has 3 aromatic rings. The minimum absolute atomic E-state index is 0.0785. The zero-order valence-corrected chi connectivity index (χ0v) is 17.8. The lowest BCUT2D eigenvalue weighted by Gasteiger charge is -2.42. The van der Waals surface area contributed by atoms with Gasteiger partial charge in [0.1, 0.15) is 17.3 Å². The highest BCUT2D eigenvalue weighted by Crippen LogP contribution is 2.32. The molecular weight excluding hydrogens is 425 g/mol. The topological polar surface area (TPSA) is 85.3 Å². The molecule has 0 amide bonds. The molecule has 5 rings (SSSR count). The van der Waals surface area contributed by atoms with Crippen LogP contribution >= 0.6 is 11.6 Å². The second kappa shape index (κ2) is 8.22. The summed E-state index contributed by atoms with van der Waals surface area (Å²) in [5.41, 5.74) is 0.403. The smallest absolute Gasteiger partial charge is 0.262 e. The zero-order valence-electron chi connectivity index (χ0n) is 17.1. The van der Waals surface area contributed by atoms with Gasteiger partial charge in [0, 0.05) is 26.3 Å². The van der Waals surface area contributed by atoms with Crippen LogP contribution in [0, 0.1) is 5.82 Å². The van der Waals surface area contributed by atoms with Gasteiger partial charge in [0.2, 0.25) is 0 Å². The summed E-state index contributed by atoms with van der Waals surface area (Å²) >= 11 is 6.05. The van der Waals surface area contributed by atoms with Gasteiger partial charge in [-0.2, -0.15) is 5.10 Å². The van der Waals surface area contributed by atoms with Crippen LogP contribution in [0.3, 0.4) is 0 Å². The van der Waals surface area contributed by atoms with E-state index in [2.05, 4.69) is 15.0 Å². The Morgan fingerprint density at radius 3 is 2.84 bits per heavy atom. The van der Waals surface area contributed by atoms with Crippen molar-refractivity contribution in [2.45, 2.75) is 38.0 Å². The monoisotopic (exact) mass is 447 g/mol. The van der Waals surface area contributed by atoms with E-state index in [4.69, 9.17) is 26.1 Å². The molecule has 164 valence electrons. The van der Waals surface area contributed by atoms with Crippen molar-refractivity contribution in [3.8, 4) is 5.75 Å². The summed E-state index contributed by atoms with van der Waals surface area (Å²) in [5.74, 6) is 0.181. The van der Waals surface area contributed by atoms with Gasteiger partial charge in [-0.25, -0.2) is 14.1 Å². The van der Waals surface area contributed by atoms with Crippen LogP contribution in [-0.2, 0) is 4.74 Å². The van der Waals surface area contributed by atoms with Gasteiger partial charge >= 0.3 is 0 Å². The average Bonchev–Trinajstić information content (AvgIpc) is 3.17. The number of hydrogen-bond acceptors (Lipinski definition) is 6. The number of rotatable bonds is 5. The largest absolute Gasteiger partial charge is 0.483 e. The van der Waals surface area contributed by atoms with E-state index in [1.54, 1.807) is 18.3 Å². The summed E-state index contributed by atoms with van der Waals surface area (Å²) in [4.78, 5) is 22.4. The average molecular weight is 448 g/mol. The molecular formula is C21H23ClFN5O3. The SMILES string of the molecule is CC(c1nc2c(cnn2C2CCOCC2)c(=O)[nH]1)N1CC(Oc2c(F)cccc2Cl)C1. The molecule has 0 saturated carbocycles. The number of aromatic nitrogens is 4. The Kier molecular flexibility index (Phi) is 5.41. The molecule has 4 heterocycles. The lowest BCUT2D eigenvalue weighted by Crippen LogP contribution is -2.54. The number of ether oxygens (including phenoxy) is 2. The van der Waals surface area contributed by atoms with E-state index in [0.29, 0.717) is 43.2 Å². The summed E-state index contributed by atoms with van der Waals surface area (Å²) in [6.07, 6.45) is 3.09. The van der Waals surface area contributed by atoms with Crippen molar-refractivity contribution in [3.63, 3.8) is 0 Å². The molecule has 2 aromatic heterocycles. The highest BCUT2D eigenvalue weighted by molar-refractivity contribution is 6.32. The second-order valence-electron chi connectivity index (χ2n) is 8.04. The normalized spacial score (nSPS) is 19.5. The van der Waals surface area contributed by atoms with E-state index in [1.807, 2.05) is 11.6 Å². The number of nitrogens with zero attached hydrogens (tertiary/aromatic N) is 4. The van der Waals surface area contributed by atoms with E-state index < -0.39 is 5.82 Å². The third kappa shape index (κ3) is 3.81. The summed E-state index contributed by atoms with van der Waals surface area (Å²) in [6, 6.07) is 4.51. The summed E-state index contributed by atoms with van der Waals surface area (Å²) < 4.78 is 27.0. The molecule has 0 spiro atoms. The van der Waals surface area contributed by atoms with Crippen LogP contribution < -0.4 is 10.3 Å². The Hall–Kier alpha value is -2.49. The molecule has 2 fully saturated rings. The molecule has 2 aliphatic rings. The molecule has 1 atom stereocenters. The molecule has 1 aromatic carbocycles.